The summed E-state index contributed by atoms with van der Waals surface area (Å²) in [7, 11) is 4.51. The van der Waals surface area contributed by atoms with Gasteiger partial charge in [0.25, 0.3) is 5.91 Å². The molecule has 0 saturated heterocycles. The number of oxime groups is 1. The van der Waals surface area contributed by atoms with Crippen LogP contribution in [0.25, 0.3) is 0 Å². The van der Waals surface area contributed by atoms with Gasteiger partial charge in [-0.2, -0.15) is 0 Å². The van der Waals surface area contributed by atoms with Crippen molar-refractivity contribution in [3.05, 3.63) is 45.9 Å². The van der Waals surface area contributed by atoms with Crippen LogP contribution in [0.4, 0.5) is 5.69 Å². The minimum atomic E-state index is -0.774. The third-order valence-electron chi connectivity index (χ3n) is 4.15. The third kappa shape index (κ3) is 4.10. The van der Waals surface area contributed by atoms with Gasteiger partial charge in [-0.05, 0) is 12.1 Å². The predicted molar refractivity (Wildman–Crippen MR) is 107 cm³/mol. The summed E-state index contributed by atoms with van der Waals surface area (Å²) in [6.07, 6.45) is -0.475. The molecule has 28 heavy (non-hydrogen) atoms. The van der Waals surface area contributed by atoms with Gasteiger partial charge < -0.3 is 24.4 Å². The van der Waals surface area contributed by atoms with Crippen LogP contribution in [0.3, 0.4) is 0 Å². The van der Waals surface area contributed by atoms with Crippen molar-refractivity contribution in [1.29, 1.82) is 0 Å². The summed E-state index contributed by atoms with van der Waals surface area (Å²) in [6, 6.07) is 8.40. The highest BCUT2D eigenvalue weighted by molar-refractivity contribution is 6.42. The minimum Gasteiger partial charge on any atom is -0.493 e. The number of carbonyl (C=O) groups excluding carboxylic acids is 1. The lowest BCUT2D eigenvalue weighted by Crippen LogP contribution is -2.28. The lowest BCUT2D eigenvalue weighted by atomic mass is 10.0. The average molecular weight is 425 g/mol. The molecule has 0 fully saturated rings. The number of carbonyl (C=O) groups is 1. The molecule has 148 valence electrons. The number of hydrogen-bond acceptors (Lipinski definition) is 6. The molecular weight excluding hydrogens is 407 g/mol. The van der Waals surface area contributed by atoms with Crippen LogP contribution in [-0.4, -0.2) is 39.1 Å². The first-order chi connectivity index (χ1) is 13.5. The van der Waals surface area contributed by atoms with Gasteiger partial charge in [0.05, 0.1) is 37.1 Å². The molecule has 0 saturated carbocycles. The molecule has 7 nitrogen and oxygen atoms in total. The van der Waals surface area contributed by atoms with Gasteiger partial charge in [-0.15, -0.1) is 0 Å². The molecule has 3 rings (SSSR count). The first-order valence-corrected chi connectivity index (χ1v) is 9.01. The smallest absolute Gasteiger partial charge is 0.268 e. The first kappa shape index (κ1) is 20.1. The van der Waals surface area contributed by atoms with Crippen molar-refractivity contribution in [2.75, 3.05) is 26.6 Å². The van der Waals surface area contributed by atoms with Crippen LogP contribution in [-0.2, 0) is 9.63 Å². The van der Waals surface area contributed by atoms with Crippen molar-refractivity contribution in [1.82, 2.24) is 0 Å². The molecule has 0 aromatic heterocycles. The molecule has 0 aliphatic carbocycles. The number of halogens is 2. The van der Waals surface area contributed by atoms with Crippen molar-refractivity contribution < 1.29 is 23.8 Å². The highest BCUT2D eigenvalue weighted by atomic mass is 35.5. The Labute approximate surface area is 172 Å². The number of amides is 1. The molecule has 1 amide bonds. The summed E-state index contributed by atoms with van der Waals surface area (Å²) in [5.74, 6) is 0.938. The van der Waals surface area contributed by atoms with Gasteiger partial charge in [0, 0.05) is 29.8 Å². The number of anilines is 1. The molecule has 1 N–H and O–H groups in total. The van der Waals surface area contributed by atoms with Gasteiger partial charge in [0.2, 0.25) is 11.9 Å². The molecule has 2 aromatic carbocycles. The lowest BCUT2D eigenvalue weighted by molar-refractivity contribution is -0.125. The molecular formula is C19H18Cl2N2O5. The monoisotopic (exact) mass is 424 g/mol. The highest BCUT2D eigenvalue weighted by Crippen LogP contribution is 2.40. The number of rotatable bonds is 6. The Morgan fingerprint density at radius 3 is 2.32 bits per heavy atom. The molecule has 1 atom stereocenters. The molecule has 1 heterocycles. The van der Waals surface area contributed by atoms with Gasteiger partial charge in [-0.25, -0.2) is 0 Å². The van der Waals surface area contributed by atoms with Crippen LogP contribution in [0, 0.1) is 0 Å². The molecule has 2 aromatic rings. The Bertz CT molecular complexity index is 908. The Hall–Kier alpha value is -2.64. The van der Waals surface area contributed by atoms with Crippen LogP contribution in [0.5, 0.6) is 17.2 Å². The van der Waals surface area contributed by atoms with E-state index in [-0.39, 0.29) is 5.91 Å². The lowest BCUT2D eigenvalue weighted by Gasteiger charge is -2.15. The fraction of sp³-hybridized carbons (Fsp3) is 0.263. The Morgan fingerprint density at radius 1 is 1.07 bits per heavy atom. The van der Waals surface area contributed by atoms with E-state index >= 15 is 0 Å². The van der Waals surface area contributed by atoms with E-state index in [1.165, 1.54) is 21.3 Å². The summed E-state index contributed by atoms with van der Waals surface area (Å²) in [5.41, 5.74) is 1.84. The zero-order valence-electron chi connectivity index (χ0n) is 15.4. The number of nitrogens with one attached hydrogen (secondary N) is 1. The summed E-state index contributed by atoms with van der Waals surface area (Å²) in [4.78, 5) is 17.9. The van der Waals surface area contributed by atoms with Gasteiger partial charge in [0.1, 0.15) is 0 Å². The van der Waals surface area contributed by atoms with Crippen molar-refractivity contribution in [2.45, 2.75) is 12.5 Å². The van der Waals surface area contributed by atoms with Gasteiger partial charge in [-0.3, -0.25) is 4.79 Å². The van der Waals surface area contributed by atoms with Crippen molar-refractivity contribution in [2.24, 2.45) is 5.16 Å². The summed E-state index contributed by atoms with van der Waals surface area (Å²) in [6.45, 7) is 0. The maximum absolute atomic E-state index is 12.6. The number of methoxy groups -OCH3 is 3. The third-order valence-corrected chi connectivity index (χ3v) is 4.89. The van der Waals surface area contributed by atoms with Gasteiger partial charge in [-0.1, -0.05) is 34.4 Å². The second-order valence-corrected chi connectivity index (χ2v) is 6.68. The van der Waals surface area contributed by atoms with E-state index in [0.29, 0.717) is 45.1 Å². The van der Waals surface area contributed by atoms with Crippen molar-refractivity contribution in [3.8, 4) is 17.2 Å². The van der Waals surface area contributed by atoms with Crippen LogP contribution < -0.4 is 19.5 Å². The Morgan fingerprint density at radius 2 is 1.75 bits per heavy atom. The highest BCUT2D eigenvalue weighted by Gasteiger charge is 2.29. The summed E-state index contributed by atoms with van der Waals surface area (Å²) < 4.78 is 15.9. The average Bonchev–Trinajstić information content (AvgIpc) is 3.19. The molecule has 0 unspecified atom stereocenters. The minimum absolute atomic E-state index is 0.300. The van der Waals surface area contributed by atoms with E-state index in [4.69, 9.17) is 42.3 Å². The number of benzene rings is 2. The Balaban J connectivity index is 1.72. The molecule has 1 aliphatic rings. The van der Waals surface area contributed by atoms with E-state index in [0.717, 1.165) is 5.56 Å². The summed E-state index contributed by atoms with van der Waals surface area (Å²) >= 11 is 12.0. The largest absolute Gasteiger partial charge is 0.493 e. The number of nitrogens with zero attached hydrogens (tertiary/aromatic N) is 1. The van der Waals surface area contributed by atoms with E-state index in [1.807, 2.05) is 0 Å². The topological polar surface area (TPSA) is 78.4 Å². The second kappa shape index (κ2) is 8.58. The molecule has 0 bridgehead atoms. The maximum atomic E-state index is 12.6. The van der Waals surface area contributed by atoms with Crippen LogP contribution in [0.2, 0.25) is 10.0 Å². The van der Waals surface area contributed by atoms with Crippen LogP contribution in [0.1, 0.15) is 12.0 Å². The SMILES string of the molecule is COc1cc(NC(=O)[C@H]2CC(c3ccc(Cl)c(Cl)c3)=NO2)cc(OC)c1OC. The number of ether oxygens (including phenoxy) is 3. The molecule has 0 radical (unpaired) electrons. The fourth-order valence-electron chi connectivity index (χ4n) is 2.74. The Kier molecular flexibility index (Phi) is 6.16. The van der Waals surface area contributed by atoms with Gasteiger partial charge in [0.15, 0.2) is 11.5 Å². The normalized spacial score (nSPS) is 15.5. The second-order valence-electron chi connectivity index (χ2n) is 5.87. The zero-order chi connectivity index (χ0) is 20.3. The number of hydrogen-bond donors (Lipinski definition) is 1. The van der Waals surface area contributed by atoms with E-state index in [1.54, 1.807) is 30.3 Å². The van der Waals surface area contributed by atoms with Crippen LogP contribution >= 0.6 is 23.2 Å². The van der Waals surface area contributed by atoms with Gasteiger partial charge >= 0.3 is 0 Å². The maximum Gasteiger partial charge on any atom is 0.268 e. The van der Waals surface area contributed by atoms with E-state index < -0.39 is 6.10 Å². The molecule has 1 aliphatic heterocycles. The fourth-order valence-corrected chi connectivity index (χ4v) is 3.04. The van der Waals surface area contributed by atoms with E-state index in [2.05, 4.69) is 10.5 Å². The standard InChI is InChI=1S/C19H18Cl2N2O5/c1-25-15-7-11(8-16(26-2)18(15)27-3)22-19(24)17-9-14(23-28-17)10-4-5-12(20)13(21)6-10/h4-8,17H,9H2,1-3H3,(H,22,24)/t17-/m1/s1. The quantitative estimate of drug-likeness (QED) is 0.753. The van der Waals surface area contributed by atoms with Crippen molar-refractivity contribution >= 4 is 40.5 Å². The first-order valence-electron chi connectivity index (χ1n) is 8.25. The zero-order valence-corrected chi connectivity index (χ0v) is 16.9. The van der Waals surface area contributed by atoms with Crippen LogP contribution in [0.15, 0.2) is 35.5 Å². The molecule has 0 spiro atoms. The molecule has 9 heteroatoms. The summed E-state index contributed by atoms with van der Waals surface area (Å²) in [5, 5.41) is 7.63. The predicted octanol–water partition coefficient (Wildman–Crippen LogP) is 4.15. The van der Waals surface area contributed by atoms with Crippen molar-refractivity contribution in [3.63, 3.8) is 0 Å². The van der Waals surface area contributed by atoms with E-state index in [9.17, 15) is 4.79 Å².